The summed E-state index contributed by atoms with van der Waals surface area (Å²) in [4.78, 5) is 11.0. The zero-order valence-electron chi connectivity index (χ0n) is 15.6. The van der Waals surface area contributed by atoms with E-state index in [2.05, 4.69) is 4.74 Å². The summed E-state index contributed by atoms with van der Waals surface area (Å²) in [5.74, 6) is -0.0878. The van der Waals surface area contributed by atoms with Gasteiger partial charge in [0, 0.05) is 27.2 Å². The van der Waals surface area contributed by atoms with Gasteiger partial charge < -0.3 is 14.2 Å². The Morgan fingerprint density at radius 2 is 1.26 bits per heavy atom. The molecule has 1 atom stereocenters. The number of hydrogen-bond acceptors (Lipinski definition) is 4. The Kier molecular flexibility index (Phi) is 17.3. The predicted octanol–water partition coefficient (Wildman–Crippen LogP) is 4.89. The van der Waals surface area contributed by atoms with Crippen molar-refractivity contribution < 1.29 is 19.0 Å². The fourth-order valence-electron chi connectivity index (χ4n) is 2.80. The second-order valence-corrected chi connectivity index (χ2v) is 6.29. The van der Waals surface area contributed by atoms with Crippen molar-refractivity contribution in [2.24, 2.45) is 0 Å². The molecule has 0 bridgehead atoms. The Hall–Kier alpha value is -0.610. The maximum absolute atomic E-state index is 11.0. The number of rotatable bonds is 17. The quantitative estimate of drug-likeness (QED) is 0.281. The van der Waals surface area contributed by atoms with Crippen LogP contribution in [0.25, 0.3) is 0 Å². The van der Waals surface area contributed by atoms with Gasteiger partial charge >= 0.3 is 5.97 Å². The van der Waals surface area contributed by atoms with E-state index in [-0.39, 0.29) is 5.97 Å². The van der Waals surface area contributed by atoms with Crippen LogP contribution >= 0.6 is 0 Å². The third kappa shape index (κ3) is 16.0. The van der Waals surface area contributed by atoms with Crippen molar-refractivity contribution in [1.82, 2.24) is 0 Å². The Balaban J connectivity index is 3.34. The van der Waals surface area contributed by atoms with Gasteiger partial charge in [0.05, 0.1) is 13.2 Å². The largest absolute Gasteiger partial charge is 0.469 e. The Bertz CT molecular complexity index is 256. The third-order valence-corrected chi connectivity index (χ3v) is 4.34. The zero-order valence-corrected chi connectivity index (χ0v) is 15.6. The molecule has 0 amide bonds. The SMILES string of the molecule is COCCCCCCC(CCCCCCCCC(=O)OC)OC. The molecule has 0 aromatic carbocycles. The van der Waals surface area contributed by atoms with Crippen LogP contribution in [-0.4, -0.2) is 40.0 Å². The molecule has 0 saturated carbocycles. The molecule has 0 saturated heterocycles. The first-order valence-electron chi connectivity index (χ1n) is 9.33. The molecule has 4 heteroatoms. The van der Waals surface area contributed by atoms with Gasteiger partial charge in [0.1, 0.15) is 0 Å². The Labute approximate surface area is 143 Å². The van der Waals surface area contributed by atoms with E-state index in [1.165, 1.54) is 71.3 Å². The molecule has 4 nitrogen and oxygen atoms in total. The molecule has 0 heterocycles. The number of hydrogen-bond donors (Lipinski definition) is 0. The molecule has 138 valence electrons. The van der Waals surface area contributed by atoms with Crippen LogP contribution in [0.5, 0.6) is 0 Å². The van der Waals surface area contributed by atoms with E-state index in [0.29, 0.717) is 12.5 Å². The van der Waals surface area contributed by atoms with Crippen molar-refractivity contribution >= 4 is 5.97 Å². The molecule has 0 radical (unpaired) electrons. The summed E-state index contributed by atoms with van der Waals surface area (Å²) in [6.07, 6.45) is 15.4. The Morgan fingerprint density at radius 3 is 1.78 bits per heavy atom. The van der Waals surface area contributed by atoms with Crippen molar-refractivity contribution in [3.8, 4) is 0 Å². The van der Waals surface area contributed by atoms with Gasteiger partial charge in [0.15, 0.2) is 0 Å². The second kappa shape index (κ2) is 17.7. The molecular weight excluding hydrogens is 292 g/mol. The van der Waals surface area contributed by atoms with Gasteiger partial charge in [-0.05, 0) is 25.7 Å². The molecule has 0 aliphatic carbocycles. The number of unbranched alkanes of at least 4 members (excludes halogenated alkanes) is 8. The summed E-state index contributed by atoms with van der Waals surface area (Å²) < 4.78 is 15.3. The van der Waals surface area contributed by atoms with Gasteiger partial charge in [-0.1, -0.05) is 51.4 Å². The first-order chi connectivity index (χ1) is 11.2. The molecule has 0 aromatic rings. The van der Waals surface area contributed by atoms with Crippen LogP contribution < -0.4 is 0 Å². The number of carbonyl (C=O) groups excluding carboxylic acids is 1. The van der Waals surface area contributed by atoms with Gasteiger partial charge in [0.25, 0.3) is 0 Å². The lowest BCUT2D eigenvalue weighted by atomic mass is 10.0. The maximum Gasteiger partial charge on any atom is 0.305 e. The maximum atomic E-state index is 11.0. The number of methoxy groups -OCH3 is 3. The van der Waals surface area contributed by atoms with Crippen LogP contribution in [0.2, 0.25) is 0 Å². The molecule has 0 aliphatic rings. The van der Waals surface area contributed by atoms with Gasteiger partial charge in [-0.15, -0.1) is 0 Å². The molecule has 0 aliphatic heterocycles. The van der Waals surface area contributed by atoms with Crippen molar-refractivity contribution in [3.05, 3.63) is 0 Å². The van der Waals surface area contributed by atoms with Crippen LogP contribution in [0.1, 0.15) is 83.5 Å². The fraction of sp³-hybridized carbons (Fsp3) is 0.947. The second-order valence-electron chi connectivity index (χ2n) is 6.29. The minimum absolute atomic E-state index is 0.0878. The molecule has 0 spiro atoms. The van der Waals surface area contributed by atoms with Crippen molar-refractivity contribution in [3.63, 3.8) is 0 Å². The van der Waals surface area contributed by atoms with E-state index in [1.807, 2.05) is 7.11 Å². The zero-order chi connectivity index (χ0) is 17.2. The van der Waals surface area contributed by atoms with Gasteiger partial charge in [-0.3, -0.25) is 4.79 Å². The molecule has 0 rings (SSSR count). The minimum Gasteiger partial charge on any atom is -0.469 e. The molecule has 0 N–H and O–H groups in total. The minimum atomic E-state index is -0.0878. The smallest absolute Gasteiger partial charge is 0.305 e. The molecular formula is C19H38O4. The average molecular weight is 331 g/mol. The molecule has 0 aromatic heterocycles. The van der Waals surface area contributed by atoms with Gasteiger partial charge in [0.2, 0.25) is 0 Å². The number of carbonyl (C=O) groups is 1. The lowest BCUT2D eigenvalue weighted by Crippen LogP contribution is -2.10. The van der Waals surface area contributed by atoms with Crippen LogP contribution in [0.15, 0.2) is 0 Å². The highest BCUT2D eigenvalue weighted by molar-refractivity contribution is 5.68. The highest BCUT2D eigenvalue weighted by Gasteiger charge is 2.06. The number of esters is 1. The van der Waals surface area contributed by atoms with E-state index < -0.39 is 0 Å². The van der Waals surface area contributed by atoms with E-state index in [1.54, 1.807) is 7.11 Å². The summed E-state index contributed by atoms with van der Waals surface area (Å²) in [6, 6.07) is 0. The van der Waals surface area contributed by atoms with E-state index in [4.69, 9.17) is 9.47 Å². The molecule has 0 fully saturated rings. The van der Waals surface area contributed by atoms with Crippen LogP contribution in [0.4, 0.5) is 0 Å². The molecule has 23 heavy (non-hydrogen) atoms. The summed E-state index contributed by atoms with van der Waals surface area (Å²) in [5.41, 5.74) is 0. The normalized spacial score (nSPS) is 12.3. The summed E-state index contributed by atoms with van der Waals surface area (Å²) in [6.45, 7) is 0.882. The predicted molar refractivity (Wildman–Crippen MR) is 94.7 cm³/mol. The summed E-state index contributed by atoms with van der Waals surface area (Å²) >= 11 is 0. The van der Waals surface area contributed by atoms with Crippen LogP contribution in [-0.2, 0) is 19.0 Å². The van der Waals surface area contributed by atoms with E-state index in [9.17, 15) is 4.79 Å². The van der Waals surface area contributed by atoms with E-state index in [0.717, 1.165) is 19.4 Å². The highest BCUT2D eigenvalue weighted by atomic mass is 16.5. The van der Waals surface area contributed by atoms with Crippen molar-refractivity contribution in [1.29, 1.82) is 0 Å². The third-order valence-electron chi connectivity index (χ3n) is 4.34. The lowest BCUT2D eigenvalue weighted by Gasteiger charge is -2.15. The first-order valence-corrected chi connectivity index (χ1v) is 9.33. The summed E-state index contributed by atoms with van der Waals surface area (Å²) in [7, 11) is 5.05. The first kappa shape index (κ1) is 22.4. The molecule has 1 unspecified atom stereocenters. The summed E-state index contributed by atoms with van der Waals surface area (Å²) in [5, 5.41) is 0. The van der Waals surface area contributed by atoms with Crippen LogP contribution in [0.3, 0.4) is 0 Å². The highest BCUT2D eigenvalue weighted by Crippen LogP contribution is 2.15. The van der Waals surface area contributed by atoms with Crippen LogP contribution in [0, 0.1) is 0 Å². The number of ether oxygens (including phenoxy) is 3. The fourth-order valence-corrected chi connectivity index (χ4v) is 2.80. The van der Waals surface area contributed by atoms with Crippen molar-refractivity contribution in [2.45, 2.75) is 89.6 Å². The average Bonchev–Trinajstić information content (AvgIpc) is 2.57. The van der Waals surface area contributed by atoms with Crippen molar-refractivity contribution in [2.75, 3.05) is 27.9 Å². The van der Waals surface area contributed by atoms with Gasteiger partial charge in [-0.2, -0.15) is 0 Å². The lowest BCUT2D eigenvalue weighted by molar-refractivity contribution is -0.140. The Morgan fingerprint density at radius 1 is 0.739 bits per heavy atom. The van der Waals surface area contributed by atoms with Gasteiger partial charge in [-0.25, -0.2) is 0 Å². The van der Waals surface area contributed by atoms with E-state index >= 15 is 0 Å². The monoisotopic (exact) mass is 330 g/mol. The topological polar surface area (TPSA) is 44.8 Å². The standard InChI is InChI=1S/C19H38O4/c1-21-17-13-9-8-11-15-18(22-2)14-10-6-4-5-7-12-16-19(20)23-3/h18H,4-17H2,1-3H3.